The normalized spacial score (nSPS) is 15.1. The molecule has 4 aromatic rings. The van der Waals surface area contributed by atoms with E-state index >= 15 is 0 Å². The summed E-state index contributed by atoms with van der Waals surface area (Å²) in [5, 5.41) is 5.68. The van der Waals surface area contributed by atoms with E-state index in [1.807, 2.05) is 78.7 Å². The predicted octanol–water partition coefficient (Wildman–Crippen LogP) is 6.36. The van der Waals surface area contributed by atoms with Gasteiger partial charge >= 0.3 is 11.8 Å². The van der Waals surface area contributed by atoms with Crippen molar-refractivity contribution >= 4 is 38.8 Å². The lowest BCUT2D eigenvalue weighted by atomic mass is 10.00. The van der Waals surface area contributed by atoms with Crippen molar-refractivity contribution in [3.8, 4) is 17.2 Å². The number of carbonyl (C=O) groups excluding carboxylic acids is 1. The molecule has 11 nitrogen and oxygen atoms in total. The third kappa shape index (κ3) is 6.46. The van der Waals surface area contributed by atoms with Crippen molar-refractivity contribution < 1.29 is 13.7 Å². The molecular weight excluding hydrogens is 626 g/mol. The van der Waals surface area contributed by atoms with Crippen molar-refractivity contribution in [2.24, 2.45) is 4.36 Å². The highest BCUT2D eigenvalue weighted by Gasteiger charge is 2.37. The Morgan fingerprint density at radius 2 is 1.70 bits per heavy atom. The zero-order valence-corrected chi connectivity index (χ0v) is 29.7. The molecule has 1 amide bonds. The Hall–Kier alpha value is -4.03. The van der Waals surface area contributed by atoms with Crippen LogP contribution < -0.4 is 10.6 Å². The molecule has 1 atom stereocenters. The van der Waals surface area contributed by atoms with E-state index in [2.05, 4.69) is 4.36 Å². The number of aryl methyl sites for hydroxylation is 2. The Morgan fingerprint density at radius 3 is 2.28 bits per heavy atom. The summed E-state index contributed by atoms with van der Waals surface area (Å²) in [5.74, 6) is 0.539. The van der Waals surface area contributed by atoms with Crippen LogP contribution in [0.1, 0.15) is 56.1 Å². The molecule has 0 spiro atoms. The molecular formula is C33H42ClN7O4S. The second-order valence-corrected chi connectivity index (χ2v) is 16.2. The number of hydrogen-bond donors (Lipinski definition) is 0. The third-order valence-electron chi connectivity index (χ3n) is 7.78. The fourth-order valence-corrected chi connectivity index (χ4v) is 6.49. The number of benzene rings is 2. The average Bonchev–Trinajstić information content (AvgIpc) is 3.50. The molecule has 0 aliphatic carbocycles. The molecule has 0 fully saturated rings. The van der Waals surface area contributed by atoms with Gasteiger partial charge < -0.3 is 14.5 Å². The fourth-order valence-electron chi connectivity index (χ4n) is 5.75. The van der Waals surface area contributed by atoms with E-state index in [0.29, 0.717) is 35.2 Å². The first-order chi connectivity index (χ1) is 21.4. The zero-order valence-electron chi connectivity index (χ0n) is 28.1. The van der Waals surface area contributed by atoms with Crippen LogP contribution in [0.3, 0.4) is 0 Å². The van der Waals surface area contributed by atoms with Crippen LogP contribution >= 0.6 is 11.6 Å². The molecule has 13 heteroatoms. The van der Waals surface area contributed by atoms with Gasteiger partial charge in [-0.2, -0.15) is 9.46 Å². The molecule has 0 N–H and O–H groups in total. The van der Waals surface area contributed by atoms with Crippen molar-refractivity contribution in [3.63, 3.8) is 0 Å². The molecule has 1 aliphatic rings. The van der Waals surface area contributed by atoms with Gasteiger partial charge in [-0.3, -0.25) is 9.13 Å². The number of rotatable bonds is 5. The van der Waals surface area contributed by atoms with Crippen LogP contribution in [0, 0.1) is 13.8 Å². The number of nitrogens with zero attached hydrogens (tertiary/aromatic N) is 7. The van der Waals surface area contributed by atoms with Crippen LogP contribution in [0.25, 0.3) is 17.2 Å². The summed E-state index contributed by atoms with van der Waals surface area (Å²) >= 11 is 6.53. The number of carbonyl (C=O) groups is 1. The minimum atomic E-state index is -2.40. The minimum absolute atomic E-state index is 0.322. The number of ether oxygens (including phenoxy) is 1. The summed E-state index contributed by atoms with van der Waals surface area (Å²) in [4.78, 5) is 31.2. The first-order valence-electron chi connectivity index (χ1n) is 15.0. The highest BCUT2D eigenvalue weighted by Crippen LogP contribution is 2.37. The lowest BCUT2D eigenvalue weighted by Gasteiger charge is -2.34. The van der Waals surface area contributed by atoms with Crippen molar-refractivity contribution in [1.82, 2.24) is 23.8 Å². The molecule has 0 radical (unpaired) electrons. The topological polar surface area (TPSA) is 107 Å². The van der Waals surface area contributed by atoms with Crippen LogP contribution in [-0.2, 0) is 20.9 Å². The molecule has 0 bridgehead atoms. The highest BCUT2D eigenvalue weighted by atomic mass is 35.5. The van der Waals surface area contributed by atoms with Crippen molar-refractivity contribution in [3.05, 3.63) is 80.6 Å². The quantitative estimate of drug-likeness (QED) is 0.245. The second-order valence-electron chi connectivity index (χ2n) is 13.2. The molecule has 46 heavy (non-hydrogen) atoms. The first-order valence-corrected chi connectivity index (χ1v) is 17.7. The summed E-state index contributed by atoms with van der Waals surface area (Å²) in [6, 6.07) is 8.87. The Kier molecular flexibility index (Phi) is 8.67. The van der Waals surface area contributed by atoms with Gasteiger partial charge in [-0.05, 0) is 83.0 Å². The molecule has 5 rings (SSSR count). The summed E-state index contributed by atoms with van der Waals surface area (Å²) in [7, 11) is 1.35. The molecule has 0 saturated heterocycles. The van der Waals surface area contributed by atoms with E-state index in [9.17, 15) is 13.8 Å². The van der Waals surface area contributed by atoms with Crippen LogP contribution in [0.15, 0.2) is 51.9 Å². The summed E-state index contributed by atoms with van der Waals surface area (Å²) < 4.78 is 27.5. The smallest absolute Gasteiger partial charge is 0.410 e. The van der Waals surface area contributed by atoms with Gasteiger partial charge in [0.2, 0.25) is 0 Å². The van der Waals surface area contributed by atoms with Crippen molar-refractivity contribution in [2.45, 2.75) is 59.6 Å². The number of fused-ring (bicyclic) bond motifs is 1. The molecule has 2 aromatic carbocycles. The summed E-state index contributed by atoms with van der Waals surface area (Å²) in [5.41, 5.74) is 5.03. The maximum absolute atomic E-state index is 14.3. The lowest BCUT2D eigenvalue weighted by Crippen LogP contribution is -2.42. The number of anilines is 1. The molecule has 1 aliphatic heterocycles. The van der Waals surface area contributed by atoms with E-state index in [-0.39, 0.29) is 5.69 Å². The maximum Gasteiger partial charge on any atom is 0.410 e. The number of halogens is 1. The monoisotopic (exact) mass is 667 g/mol. The fraction of sp³-hybridized carbons (Fsp3) is 0.424. The van der Waals surface area contributed by atoms with Gasteiger partial charge in [0.25, 0.3) is 0 Å². The molecule has 2 aromatic heterocycles. The molecule has 0 saturated carbocycles. The lowest BCUT2D eigenvalue weighted by molar-refractivity contribution is 0.0159. The number of aromatic nitrogens is 4. The van der Waals surface area contributed by atoms with Crippen LogP contribution in [0.2, 0.25) is 5.02 Å². The summed E-state index contributed by atoms with van der Waals surface area (Å²) in [6.45, 7) is 11.8. The van der Waals surface area contributed by atoms with Crippen LogP contribution in [0.5, 0.6) is 0 Å². The summed E-state index contributed by atoms with van der Waals surface area (Å²) in [6.07, 6.45) is 6.67. The number of hydrogen-bond acceptors (Lipinski definition) is 7. The van der Waals surface area contributed by atoms with E-state index in [0.717, 1.165) is 33.8 Å². The van der Waals surface area contributed by atoms with Crippen molar-refractivity contribution in [1.29, 1.82) is 0 Å². The third-order valence-corrected chi connectivity index (χ3v) is 9.02. The Labute approximate surface area is 275 Å². The van der Waals surface area contributed by atoms with Gasteiger partial charge in [0, 0.05) is 72.3 Å². The van der Waals surface area contributed by atoms with Gasteiger partial charge in [-0.25, -0.2) is 18.5 Å². The first kappa shape index (κ1) is 33.3. The van der Waals surface area contributed by atoms with E-state index < -0.39 is 27.5 Å². The van der Waals surface area contributed by atoms with Gasteiger partial charge in [0.1, 0.15) is 11.4 Å². The van der Waals surface area contributed by atoms with E-state index in [1.165, 1.54) is 0 Å². The SMILES string of the molecule is Cc1cc(-n2nc3c(c2-n2ccn(-c4ccc(N=S(C)(C)=O)c(N(C)C)c4)c2=O)[C@H](C)N(C(=O)OC(C)(C)C)CC3)cc(C)c1Cl. The highest BCUT2D eigenvalue weighted by molar-refractivity contribution is 7.92. The number of amides is 1. The minimum Gasteiger partial charge on any atom is -0.444 e. The van der Waals surface area contributed by atoms with Crippen LogP contribution in [0.4, 0.5) is 16.2 Å². The van der Waals surface area contributed by atoms with Gasteiger partial charge in [0.05, 0.1) is 34.5 Å². The largest absolute Gasteiger partial charge is 0.444 e. The zero-order chi connectivity index (χ0) is 33.9. The van der Waals surface area contributed by atoms with E-state index in [4.69, 9.17) is 21.4 Å². The maximum atomic E-state index is 14.3. The van der Waals surface area contributed by atoms with Crippen LogP contribution in [-0.4, -0.2) is 72.9 Å². The standard InChI is InChI=1S/C33H42ClN7O4S/c1-20-17-24(18-21(2)29(20)34)41-30(28-22(3)38(14-13-26(28)35-41)32(43)45-33(4,5)6)40-16-15-39(31(40)42)23-11-12-25(36-46(9,10)44)27(19-23)37(7)8/h11-12,15-19,22H,13-14H2,1-10H3/t22-/m0/s1. The molecule has 246 valence electrons. The van der Waals surface area contributed by atoms with Gasteiger partial charge in [-0.15, -0.1) is 0 Å². The number of imidazole rings is 1. The van der Waals surface area contributed by atoms with E-state index in [1.54, 1.807) is 55.8 Å². The Bertz CT molecular complexity index is 1990. The van der Waals surface area contributed by atoms with Gasteiger partial charge in [-0.1, -0.05) is 11.6 Å². The van der Waals surface area contributed by atoms with Crippen molar-refractivity contribution in [2.75, 3.05) is 38.1 Å². The molecule has 0 unspecified atom stereocenters. The second kappa shape index (κ2) is 12.0. The predicted molar refractivity (Wildman–Crippen MR) is 184 cm³/mol. The average molecular weight is 668 g/mol. The van der Waals surface area contributed by atoms with Gasteiger partial charge in [0.15, 0.2) is 0 Å². The Balaban J connectivity index is 1.71. The Morgan fingerprint density at radius 1 is 1.07 bits per heavy atom. The molecule has 3 heterocycles.